The van der Waals surface area contributed by atoms with Gasteiger partial charge in [-0.05, 0) is 47.5 Å². The molecule has 1 heterocycles. The molecular weight excluding hydrogens is 381 g/mol. The van der Waals surface area contributed by atoms with Crippen LogP contribution in [0.15, 0.2) is 64.1 Å². The maximum absolute atomic E-state index is 13.2. The summed E-state index contributed by atoms with van der Waals surface area (Å²) in [5.74, 6) is -0.567. The van der Waals surface area contributed by atoms with Crippen molar-refractivity contribution in [1.82, 2.24) is 4.57 Å². The zero-order valence-corrected chi connectivity index (χ0v) is 15.9. The molecule has 0 unspecified atom stereocenters. The molecule has 0 radical (unpaired) electrons. The second kappa shape index (κ2) is 8.53. The van der Waals surface area contributed by atoms with Crippen LogP contribution in [0.5, 0.6) is 5.75 Å². The van der Waals surface area contributed by atoms with Crippen molar-refractivity contribution in [2.24, 2.45) is 10.2 Å². The number of hydrogen-bond donors (Lipinski definition) is 0. The van der Waals surface area contributed by atoms with E-state index in [1.54, 1.807) is 41.8 Å². The number of thiazole rings is 1. The molecule has 0 amide bonds. The number of ether oxygens (including phenoxy) is 1. The van der Waals surface area contributed by atoms with Crippen LogP contribution in [0.3, 0.4) is 0 Å². The highest BCUT2D eigenvalue weighted by molar-refractivity contribution is 7.07. The van der Waals surface area contributed by atoms with Crippen molar-refractivity contribution < 1.29 is 18.7 Å². The highest BCUT2D eigenvalue weighted by Crippen LogP contribution is 2.23. The first-order valence-electron chi connectivity index (χ1n) is 8.27. The standard InChI is InChI=1S/C20H16FN3O3S/c1-13(25)24-19(16-6-8-18(9-7-16)27-14(2)26)12-28-20(24)23-22-11-15-4-3-5-17(21)10-15/h3-12H,1-2H3/b22-11+,23-20+. The van der Waals surface area contributed by atoms with Crippen LogP contribution in [-0.2, 0) is 4.79 Å². The number of benzene rings is 2. The number of hydrogen-bond acceptors (Lipinski definition) is 6. The SMILES string of the molecule is CC(=O)Oc1ccc(-c2cs/c(=N/N=C/c3cccc(F)c3)n2C(C)=O)cc1. The summed E-state index contributed by atoms with van der Waals surface area (Å²) in [4.78, 5) is 23.6. The van der Waals surface area contributed by atoms with Crippen molar-refractivity contribution in [3.63, 3.8) is 0 Å². The quantitative estimate of drug-likeness (QED) is 0.290. The van der Waals surface area contributed by atoms with E-state index in [-0.39, 0.29) is 11.7 Å². The third-order valence-electron chi connectivity index (χ3n) is 3.63. The molecule has 0 bridgehead atoms. The van der Waals surface area contributed by atoms with Gasteiger partial charge in [0.15, 0.2) is 0 Å². The summed E-state index contributed by atoms with van der Waals surface area (Å²) < 4.78 is 19.7. The highest BCUT2D eigenvalue weighted by Gasteiger charge is 2.12. The third kappa shape index (κ3) is 4.66. The number of halogens is 1. The molecule has 3 rings (SSSR count). The number of nitrogens with zero attached hydrogens (tertiary/aromatic N) is 3. The maximum Gasteiger partial charge on any atom is 0.308 e. The first-order valence-corrected chi connectivity index (χ1v) is 9.15. The van der Waals surface area contributed by atoms with Crippen LogP contribution in [0.4, 0.5) is 4.39 Å². The van der Waals surface area contributed by atoms with Crippen molar-refractivity contribution in [3.8, 4) is 17.0 Å². The van der Waals surface area contributed by atoms with E-state index >= 15 is 0 Å². The summed E-state index contributed by atoms with van der Waals surface area (Å²) in [5, 5.41) is 9.85. The van der Waals surface area contributed by atoms with Gasteiger partial charge in [-0.3, -0.25) is 14.2 Å². The second-order valence-corrected chi connectivity index (χ2v) is 6.61. The molecule has 3 aromatic rings. The maximum atomic E-state index is 13.2. The summed E-state index contributed by atoms with van der Waals surface area (Å²) in [6.07, 6.45) is 1.42. The Morgan fingerprint density at radius 3 is 2.54 bits per heavy atom. The lowest BCUT2D eigenvalue weighted by atomic mass is 10.1. The predicted octanol–water partition coefficient (Wildman–Crippen LogP) is 3.88. The Morgan fingerprint density at radius 1 is 1.14 bits per heavy atom. The molecule has 6 nitrogen and oxygen atoms in total. The lowest BCUT2D eigenvalue weighted by molar-refractivity contribution is -0.131. The van der Waals surface area contributed by atoms with Gasteiger partial charge in [0, 0.05) is 19.2 Å². The van der Waals surface area contributed by atoms with E-state index in [2.05, 4.69) is 10.2 Å². The third-order valence-corrected chi connectivity index (χ3v) is 4.45. The molecule has 0 atom stereocenters. The normalized spacial score (nSPS) is 11.8. The Labute approximate surface area is 164 Å². The van der Waals surface area contributed by atoms with Gasteiger partial charge in [0.05, 0.1) is 11.9 Å². The van der Waals surface area contributed by atoms with Gasteiger partial charge < -0.3 is 4.74 Å². The molecule has 0 saturated heterocycles. The lowest BCUT2D eigenvalue weighted by Crippen LogP contribution is -2.21. The molecule has 1 aromatic heterocycles. The molecule has 0 aliphatic carbocycles. The fourth-order valence-corrected chi connectivity index (χ4v) is 3.36. The molecule has 142 valence electrons. The van der Waals surface area contributed by atoms with E-state index in [9.17, 15) is 14.0 Å². The van der Waals surface area contributed by atoms with Crippen LogP contribution < -0.4 is 9.54 Å². The minimum Gasteiger partial charge on any atom is -0.427 e. The first kappa shape index (κ1) is 19.4. The molecular formula is C20H16FN3O3S. The van der Waals surface area contributed by atoms with E-state index < -0.39 is 5.97 Å². The minimum absolute atomic E-state index is 0.222. The van der Waals surface area contributed by atoms with E-state index in [4.69, 9.17) is 4.74 Å². The fraction of sp³-hybridized carbons (Fsp3) is 0.100. The Kier molecular flexibility index (Phi) is 5.90. The van der Waals surface area contributed by atoms with Gasteiger partial charge in [0.2, 0.25) is 10.7 Å². The predicted molar refractivity (Wildman–Crippen MR) is 105 cm³/mol. The van der Waals surface area contributed by atoms with Gasteiger partial charge >= 0.3 is 5.97 Å². The van der Waals surface area contributed by atoms with E-state index in [1.807, 2.05) is 0 Å². The number of rotatable bonds is 4. The van der Waals surface area contributed by atoms with Gasteiger partial charge in [-0.2, -0.15) is 5.10 Å². The van der Waals surface area contributed by atoms with Crippen molar-refractivity contribution in [2.75, 3.05) is 0 Å². The molecule has 0 N–H and O–H groups in total. The average Bonchev–Trinajstić information content (AvgIpc) is 3.06. The number of carbonyl (C=O) groups excluding carboxylic acids is 2. The van der Waals surface area contributed by atoms with Crippen molar-refractivity contribution >= 4 is 29.4 Å². The van der Waals surface area contributed by atoms with Crippen LogP contribution in [-0.4, -0.2) is 22.7 Å². The summed E-state index contributed by atoms with van der Waals surface area (Å²) in [6, 6.07) is 12.8. The Bertz CT molecular complexity index is 1110. The zero-order chi connectivity index (χ0) is 20.1. The Balaban J connectivity index is 1.93. The number of carbonyl (C=O) groups is 2. The van der Waals surface area contributed by atoms with E-state index in [0.29, 0.717) is 21.8 Å². The van der Waals surface area contributed by atoms with Gasteiger partial charge in [-0.15, -0.1) is 16.4 Å². The topological polar surface area (TPSA) is 73.0 Å². The van der Waals surface area contributed by atoms with Crippen LogP contribution in [0, 0.1) is 5.82 Å². The number of aromatic nitrogens is 1. The largest absolute Gasteiger partial charge is 0.427 e. The molecule has 0 fully saturated rings. The van der Waals surface area contributed by atoms with Crippen molar-refractivity contribution in [2.45, 2.75) is 13.8 Å². The summed E-state index contributed by atoms with van der Waals surface area (Å²) in [5.41, 5.74) is 1.97. The first-order chi connectivity index (χ1) is 13.4. The monoisotopic (exact) mass is 397 g/mol. The molecule has 28 heavy (non-hydrogen) atoms. The van der Waals surface area contributed by atoms with Gasteiger partial charge in [0.1, 0.15) is 11.6 Å². The molecule has 2 aromatic carbocycles. The Morgan fingerprint density at radius 2 is 1.89 bits per heavy atom. The molecule has 0 aliphatic rings. The van der Waals surface area contributed by atoms with Crippen LogP contribution >= 0.6 is 11.3 Å². The van der Waals surface area contributed by atoms with Crippen LogP contribution in [0.1, 0.15) is 24.2 Å². The minimum atomic E-state index is -0.403. The molecule has 0 spiro atoms. The highest BCUT2D eigenvalue weighted by atomic mass is 32.1. The summed E-state index contributed by atoms with van der Waals surface area (Å²) in [6.45, 7) is 2.76. The zero-order valence-electron chi connectivity index (χ0n) is 15.1. The van der Waals surface area contributed by atoms with Gasteiger partial charge in [-0.25, -0.2) is 4.39 Å². The van der Waals surface area contributed by atoms with Crippen LogP contribution in [0.25, 0.3) is 11.3 Å². The number of esters is 1. The summed E-state index contributed by atoms with van der Waals surface area (Å²) >= 11 is 1.25. The summed E-state index contributed by atoms with van der Waals surface area (Å²) in [7, 11) is 0. The molecule has 0 aliphatic heterocycles. The van der Waals surface area contributed by atoms with Crippen LogP contribution in [0.2, 0.25) is 0 Å². The van der Waals surface area contributed by atoms with Gasteiger partial charge in [0.25, 0.3) is 0 Å². The van der Waals surface area contributed by atoms with E-state index in [1.165, 1.54) is 48.1 Å². The smallest absolute Gasteiger partial charge is 0.308 e. The lowest BCUT2D eigenvalue weighted by Gasteiger charge is -2.06. The second-order valence-electron chi connectivity index (χ2n) is 5.78. The molecule has 8 heteroatoms. The van der Waals surface area contributed by atoms with Gasteiger partial charge in [-0.1, -0.05) is 12.1 Å². The molecule has 0 saturated carbocycles. The fourth-order valence-electron chi connectivity index (χ4n) is 2.48. The Hall–Kier alpha value is -3.39. The van der Waals surface area contributed by atoms with Crippen molar-refractivity contribution in [3.05, 3.63) is 70.1 Å². The average molecular weight is 397 g/mol. The van der Waals surface area contributed by atoms with Crippen molar-refractivity contribution in [1.29, 1.82) is 0 Å². The van der Waals surface area contributed by atoms with E-state index in [0.717, 1.165) is 5.56 Å².